The van der Waals surface area contributed by atoms with Crippen molar-refractivity contribution in [3.63, 3.8) is 0 Å². The predicted molar refractivity (Wildman–Crippen MR) is 80.2 cm³/mol. The first-order chi connectivity index (χ1) is 9.85. The lowest BCUT2D eigenvalue weighted by atomic mass is 10.2. The lowest BCUT2D eigenvalue weighted by molar-refractivity contribution is 0.0692. The molecule has 2 aromatic rings. The van der Waals surface area contributed by atoms with Crippen molar-refractivity contribution in [2.75, 3.05) is 11.4 Å². The molecule has 0 heterocycles. The van der Waals surface area contributed by atoms with Crippen LogP contribution in [0.4, 0.5) is 5.69 Å². The number of rotatable bonds is 4. The summed E-state index contributed by atoms with van der Waals surface area (Å²) in [7, 11) is -2.52. The Morgan fingerprint density at radius 2 is 1.62 bits per heavy atom. The molecule has 0 atom stereocenters. The molecule has 0 amide bonds. The van der Waals surface area contributed by atoms with E-state index in [0.29, 0.717) is 5.69 Å². The Balaban J connectivity index is 2.58. The fourth-order valence-corrected chi connectivity index (χ4v) is 3.50. The minimum absolute atomic E-state index is 0.219. The van der Waals surface area contributed by atoms with E-state index in [2.05, 4.69) is 0 Å². The lowest BCUT2D eigenvalue weighted by Gasteiger charge is -2.22. The normalized spacial score (nSPS) is 11.1. The number of hydrogen-bond donors (Lipinski definition) is 1. The fraction of sp³-hybridized carbons (Fsp3) is 0.133. The minimum atomic E-state index is -3.94. The summed E-state index contributed by atoms with van der Waals surface area (Å²) in [6.45, 7) is 1.80. The van der Waals surface area contributed by atoms with E-state index in [0.717, 1.165) is 9.87 Å². The Bertz CT molecular complexity index is 784. The molecule has 0 fully saturated rings. The maximum absolute atomic E-state index is 12.7. The monoisotopic (exact) mass is 305 g/mol. The summed E-state index contributed by atoms with van der Waals surface area (Å²) in [5.74, 6) is -1.27. The van der Waals surface area contributed by atoms with Gasteiger partial charge in [0.15, 0.2) is 0 Å². The molecule has 2 aromatic carbocycles. The molecule has 0 spiro atoms. The fourth-order valence-electron chi connectivity index (χ4n) is 2.06. The van der Waals surface area contributed by atoms with Crippen LogP contribution in [0.5, 0.6) is 0 Å². The van der Waals surface area contributed by atoms with E-state index < -0.39 is 16.0 Å². The van der Waals surface area contributed by atoms with Crippen molar-refractivity contribution < 1.29 is 18.3 Å². The average Bonchev–Trinajstić information content (AvgIpc) is 2.47. The third-order valence-electron chi connectivity index (χ3n) is 3.21. The van der Waals surface area contributed by atoms with Gasteiger partial charge in [-0.2, -0.15) is 0 Å². The van der Waals surface area contributed by atoms with Gasteiger partial charge in [0.2, 0.25) is 0 Å². The maximum atomic E-state index is 12.7. The first-order valence-corrected chi connectivity index (χ1v) is 7.66. The number of benzene rings is 2. The van der Waals surface area contributed by atoms with Crippen LogP contribution in [0.15, 0.2) is 53.4 Å². The van der Waals surface area contributed by atoms with E-state index >= 15 is 0 Å². The average molecular weight is 305 g/mol. The van der Waals surface area contributed by atoms with Crippen LogP contribution in [0.3, 0.4) is 0 Å². The summed E-state index contributed by atoms with van der Waals surface area (Å²) in [6.07, 6.45) is 0. The summed E-state index contributed by atoms with van der Waals surface area (Å²) >= 11 is 0. The summed E-state index contributed by atoms with van der Waals surface area (Å²) in [5, 5.41) is 9.15. The Morgan fingerprint density at radius 1 is 1.05 bits per heavy atom. The number of sulfonamides is 1. The highest BCUT2D eigenvalue weighted by Crippen LogP contribution is 2.26. The van der Waals surface area contributed by atoms with Gasteiger partial charge in [0, 0.05) is 7.05 Å². The molecule has 0 aromatic heterocycles. The zero-order valence-electron chi connectivity index (χ0n) is 11.6. The number of anilines is 1. The maximum Gasteiger partial charge on any atom is 0.337 e. The van der Waals surface area contributed by atoms with E-state index in [4.69, 9.17) is 5.11 Å². The SMILES string of the molecule is Cc1ccccc1N(C)S(=O)(=O)c1ccccc1C(=O)O. The van der Waals surface area contributed by atoms with Gasteiger partial charge in [0.25, 0.3) is 10.0 Å². The molecule has 6 heteroatoms. The summed E-state index contributed by atoms with van der Waals surface area (Å²) in [5.41, 5.74) is 1.06. The van der Waals surface area contributed by atoms with Gasteiger partial charge < -0.3 is 5.11 Å². The number of hydrogen-bond acceptors (Lipinski definition) is 3. The van der Waals surface area contributed by atoms with Gasteiger partial charge in [-0.1, -0.05) is 30.3 Å². The number of carbonyl (C=O) groups is 1. The van der Waals surface area contributed by atoms with E-state index in [1.54, 1.807) is 25.1 Å². The topological polar surface area (TPSA) is 74.7 Å². The summed E-state index contributed by atoms with van der Waals surface area (Å²) in [4.78, 5) is 11.0. The predicted octanol–water partition coefficient (Wildman–Crippen LogP) is 2.52. The van der Waals surface area contributed by atoms with Crippen LogP contribution in [0.25, 0.3) is 0 Å². The molecule has 0 saturated carbocycles. The molecule has 0 bridgehead atoms. The summed E-state index contributed by atoms with van der Waals surface area (Å²) < 4.78 is 26.4. The van der Waals surface area contributed by atoms with E-state index in [1.165, 1.54) is 31.3 Å². The highest BCUT2D eigenvalue weighted by molar-refractivity contribution is 7.92. The Morgan fingerprint density at radius 3 is 2.24 bits per heavy atom. The van der Waals surface area contributed by atoms with Crippen molar-refractivity contribution in [3.05, 3.63) is 59.7 Å². The third kappa shape index (κ3) is 2.75. The second kappa shape index (κ2) is 5.57. The van der Waals surface area contributed by atoms with Gasteiger partial charge in [0.1, 0.15) is 4.90 Å². The Kier molecular flexibility index (Phi) is 3.99. The van der Waals surface area contributed by atoms with Crippen LogP contribution in [0.2, 0.25) is 0 Å². The minimum Gasteiger partial charge on any atom is -0.478 e. The molecule has 2 rings (SSSR count). The smallest absolute Gasteiger partial charge is 0.337 e. The molecule has 0 aliphatic rings. The van der Waals surface area contributed by atoms with Crippen molar-refractivity contribution in [2.45, 2.75) is 11.8 Å². The molecule has 0 aliphatic carbocycles. The number of nitrogens with zero attached hydrogens (tertiary/aromatic N) is 1. The summed E-state index contributed by atoms with van der Waals surface area (Å²) in [6, 6.07) is 12.6. The first-order valence-electron chi connectivity index (χ1n) is 6.22. The molecule has 21 heavy (non-hydrogen) atoms. The van der Waals surface area contributed by atoms with Crippen LogP contribution in [-0.4, -0.2) is 26.5 Å². The molecule has 0 saturated heterocycles. The number of carboxylic acid groups (broad SMARTS) is 1. The van der Waals surface area contributed by atoms with Crippen LogP contribution >= 0.6 is 0 Å². The van der Waals surface area contributed by atoms with Crippen molar-refractivity contribution >= 4 is 21.7 Å². The van der Waals surface area contributed by atoms with E-state index in [9.17, 15) is 13.2 Å². The van der Waals surface area contributed by atoms with Crippen LogP contribution in [0, 0.1) is 6.92 Å². The van der Waals surface area contributed by atoms with E-state index in [-0.39, 0.29) is 10.5 Å². The van der Waals surface area contributed by atoms with Crippen molar-refractivity contribution in [3.8, 4) is 0 Å². The van der Waals surface area contributed by atoms with Gasteiger partial charge in [0.05, 0.1) is 11.3 Å². The molecule has 0 aliphatic heterocycles. The van der Waals surface area contributed by atoms with E-state index in [1.807, 2.05) is 6.07 Å². The van der Waals surface area contributed by atoms with Gasteiger partial charge in [-0.3, -0.25) is 4.31 Å². The van der Waals surface area contributed by atoms with Crippen molar-refractivity contribution in [2.24, 2.45) is 0 Å². The van der Waals surface area contributed by atoms with Crippen molar-refractivity contribution in [1.29, 1.82) is 0 Å². The number of para-hydroxylation sites is 1. The van der Waals surface area contributed by atoms with Crippen molar-refractivity contribution in [1.82, 2.24) is 0 Å². The molecule has 110 valence electrons. The molecular formula is C15H15NO4S. The quantitative estimate of drug-likeness (QED) is 0.942. The first kappa shape index (κ1) is 15.1. The zero-order chi connectivity index (χ0) is 15.6. The molecule has 0 radical (unpaired) electrons. The van der Waals surface area contributed by atoms with Crippen LogP contribution < -0.4 is 4.31 Å². The molecular weight excluding hydrogens is 290 g/mol. The largest absolute Gasteiger partial charge is 0.478 e. The number of carboxylic acids is 1. The molecule has 5 nitrogen and oxygen atoms in total. The standard InChI is InChI=1S/C15H15NO4S/c1-11-7-3-5-9-13(11)16(2)21(19,20)14-10-6-4-8-12(14)15(17)18/h3-10H,1-2H3,(H,17,18). The number of aryl methyl sites for hydroxylation is 1. The third-order valence-corrected chi connectivity index (χ3v) is 5.04. The van der Waals surface area contributed by atoms with Crippen LogP contribution in [0.1, 0.15) is 15.9 Å². The number of aromatic carboxylic acids is 1. The van der Waals surface area contributed by atoms with Gasteiger partial charge in [-0.05, 0) is 30.7 Å². The highest BCUT2D eigenvalue weighted by atomic mass is 32.2. The molecule has 0 unspecified atom stereocenters. The second-order valence-electron chi connectivity index (χ2n) is 4.56. The lowest BCUT2D eigenvalue weighted by Crippen LogP contribution is -2.28. The van der Waals surface area contributed by atoms with Crippen LogP contribution in [-0.2, 0) is 10.0 Å². The van der Waals surface area contributed by atoms with Gasteiger partial charge >= 0.3 is 5.97 Å². The Hall–Kier alpha value is -2.34. The second-order valence-corrected chi connectivity index (χ2v) is 6.50. The Labute approximate surface area is 123 Å². The van der Waals surface area contributed by atoms with Gasteiger partial charge in [-0.25, -0.2) is 13.2 Å². The van der Waals surface area contributed by atoms with Gasteiger partial charge in [-0.15, -0.1) is 0 Å². The molecule has 1 N–H and O–H groups in total. The highest BCUT2D eigenvalue weighted by Gasteiger charge is 2.27. The zero-order valence-corrected chi connectivity index (χ0v) is 12.5.